The van der Waals surface area contributed by atoms with E-state index in [1.165, 1.54) is 12.1 Å². The molecule has 9 heteroatoms. The lowest BCUT2D eigenvalue weighted by Crippen LogP contribution is -2.28. The second-order valence-electron chi connectivity index (χ2n) is 5.34. The van der Waals surface area contributed by atoms with Crippen LogP contribution < -0.4 is 16.2 Å². The third-order valence-corrected chi connectivity index (χ3v) is 3.59. The van der Waals surface area contributed by atoms with Crippen LogP contribution in [-0.4, -0.2) is 26.5 Å². The van der Waals surface area contributed by atoms with Crippen molar-refractivity contribution in [3.63, 3.8) is 0 Å². The van der Waals surface area contributed by atoms with Crippen molar-refractivity contribution < 1.29 is 19.1 Å². The van der Waals surface area contributed by atoms with Gasteiger partial charge in [-0.15, -0.1) is 0 Å². The van der Waals surface area contributed by atoms with Gasteiger partial charge in [0.1, 0.15) is 12.4 Å². The first-order chi connectivity index (χ1) is 11.4. The third-order valence-electron chi connectivity index (χ3n) is 3.59. The lowest BCUT2D eigenvalue weighted by atomic mass is 10.1. The van der Waals surface area contributed by atoms with Crippen molar-refractivity contribution in [3.05, 3.63) is 51.2 Å². The highest BCUT2D eigenvalue weighted by Crippen LogP contribution is 2.16. The largest absolute Gasteiger partial charge is 0.501 e. The quantitative estimate of drug-likeness (QED) is 0.747. The first kappa shape index (κ1) is 15.7. The van der Waals surface area contributed by atoms with Crippen LogP contribution in [0.5, 0.6) is 5.75 Å². The summed E-state index contributed by atoms with van der Waals surface area (Å²) in [7, 11) is 0. The highest BCUT2D eigenvalue weighted by atomic mass is 19.1. The van der Waals surface area contributed by atoms with E-state index in [0.29, 0.717) is 11.1 Å². The van der Waals surface area contributed by atoms with E-state index in [1.807, 2.05) is 0 Å². The number of benzene rings is 1. The fraction of sp³-hybridized carbons (Fsp3) is 0.200. The molecule has 1 aromatic heterocycles. The number of amides is 2. The first-order valence-electron chi connectivity index (χ1n) is 7.03. The average molecular weight is 332 g/mol. The van der Waals surface area contributed by atoms with Gasteiger partial charge < -0.3 is 10.4 Å². The van der Waals surface area contributed by atoms with Crippen LogP contribution in [0.1, 0.15) is 21.6 Å². The van der Waals surface area contributed by atoms with Gasteiger partial charge in [-0.2, -0.15) is 0 Å². The Kier molecular flexibility index (Phi) is 3.76. The summed E-state index contributed by atoms with van der Waals surface area (Å²) in [5, 5.41) is 14.7. The van der Waals surface area contributed by atoms with E-state index < -0.39 is 28.8 Å². The molecule has 0 saturated heterocycles. The number of aromatic nitrogens is 2. The average Bonchev–Trinajstić information content (AvgIpc) is 2.92. The van der Waals surface area contributed by atoms with E-state index in [9.17, 15) is 23.9 Å². The van der Waals surface area contributed by atoms with E-state index in [4.69, 9.17) is 0 Å². The molecule has 0 unspecified atom stereocenters. The summed E-state index contributed by atoms with van der Waals surface area (Å²) in [5.41, 5.74) is -0.275. The van der Waals surface area contributed by atoms with Crippen LogP contribution in [0.4, 0.5) is 10.3 Å². The molecule has 3 rings (SSSR count). The molecule has 3 N–H and O–H groups in total. The van der Waals surface area contributed by atoms with E-state index >= 15 is 0 Å². The van der Waals surface area contributed by atoms with Gasteiger partial charge in [-0.25, -0.2) is 9.37 Å². The molecule has 1 aliphatic rings. The number of hydrogen-bond acceptors (Lipinski definition) is 5. The molecule has 0 aliphatic carbocycles. The molecule has 2 amide bonds. The zero-order valence-electron chi connectivity index (χ0n) is 12.6. The normalized spacial score (nSPS) is 12.7. The molecular formula is C15H13FN4O4. The molecule has 2 heterocycles. The Bertz CT molecular complexity index is 922. The number of carbonyl (C=O) groups excluding carboxylic acids is 2. The maximum absolute atomic E-state index is 13.2. The predicted octanol–water partition coefficient (Wildman–Crippen LogP) is 0.279. The zero-order valence-corrected chi connectivity index (χ0v) is 12.6. The number of hydrogen-bond donors (Lipinski definition) is 3. The molecule has 1 aliphatic heterocycles. The van der Waals surface area contributed by atoms with Crippen LogP contribution in [0.25, 0.3) is 0 Å². The van der Waals surface area contributed by atoms with Crippen molar-refractivity contribution in [2.75, 3.05) is 5.32 Å². The van der Waals surface area contributed by atoms with Crippen molar-refractivity contribution in [3.8, 4) is 5.75 Å². The minimum atomic E-state index is -0.874. The number of fused-ring (bicyclic) bond motifs is 1. The molecule has 0 fully saturated rings. The molecule has 0 atom stereocenters. The monoisotopic (exact) mass is 332 g/mol. The number of nitrogens with one attached hydrogen (secondary N) is 2. The number of rotatable bonds is 3. The Balaban J connectivity index is 1.82. The Labute approximate surface area is 135 Å². The van der Waals surface area contributed by atoms with Gasteiger partial charge >= 0.3 is 0 Å². The maximum atomic E-state index is 13.2. The van der Waals surface area contributed by atoms with E-state index in [-0.39, 0.29) is 24.9 Å². The van der Waals surface area contributed by atoms with E-state index in [0.717, 1.165) is 4.57 Å². The smallest absolute Gasteiger partial charge is 0.298 e. The summed E-state index contributed by atoms with van der Waals surface area (Å²) in [6.07, 6.45) is 0. The van der Waals surface area contributed by atoms with Gasteiger partial charge in [-0.05, 0) is 24.1 Å². The van der Waals surface area contributed by atoms with Crippen molar-refractivity contribution in [1.29, 1.82) is 0 Å². The number of carbonyl (C=O) groups is 2. The maximum Gasteiger partial charge on any atom is 0.298 e. The fourth-order valence-electron chi connectivity index (χ4n) is 2.34. The van der Waals surface area contributed by atoms with Crippen LogP contribution in [0.2, 0.25) is 0 Å². The molecule has 0 spiro atoms. The SMILES string of the molecule is Cc1cc(CNC(=O)c2nc3n(c(=O)c2O)CC(=O)N3)ccc1F. The fourth-order valence-corrected chi connectivity index (χ4v) is 2.34. The predicted molar refractivity (Wildman–Crippen MR) is 81.1 cm³/mol. The van der Waals surface area contributed by atoms with Crippen LogP contribution in [0.15, 0.2) is 23.0 Å². The Hall–Kier alpha value is -3.23. The summed E-state index contributed by atoms with van der Waals surface area (Å²) in [4.78, 5) is 39.2. The standard InChI is InChI=1S/C15H13FN4O4/c1-7-4-8(2-3-9(7)16)5-17-13(23)11-12(22)14(24)20-6-10(21)18-15(20)19-11/h2-4,22H,5-6H2,1H3,(H,17,23)(H,18,19,21). The topological polar surface area (TPSA) is 113 Å². The first-order valence-corrected chi connectivity index (χ1v) is 7.03. The van der Waals surface area contributed by atoms with Crippen LogP contribution >= 0.6 is 0 Å². The van der Waals surface area contributed by atoms with Crippen LogP contribution in [0.3, 0.4) is 0 Å². The number of aromatic hydroxyl groups is 1. The number of aryl methyl sites for hydroxylation is 1. The summed E-state index contributed by atoms with van der Waals surface area (Å²) in [6, 6.07) is 4.36. The van der Waals surface area contributed by atoms with Crippen LogP contribution in [-0.2, 0) is 17.9 Å². The van der Waals surface area contributed by atoms with Gasteiger partial charge in [0.05, 0.1) is 0 Å². The lowest BCUT2D eigenvalue weighted by Gasteiger charge is -2.09. The van der Waals surface area contributed by atoms with E-state index in [1.54, 1.807) is 13.0 Å². The van der Waals surface area contributed by atoms with Gasteiger partial charge in [-0.3, -0.25) is 24.3 Å². The summed E-state index contributed by atoms with van der Waals surface area (Å²) >= 11 is 0. The van der Waals surface area contributed by atoms with Gasteiger partial charge in [0.2, 0.25) is 17.6 Å². The Morgan fingerprint density at radius 2 is 2.21 bits per heavy atom. The summed E-state index contributed by atoms with van der Waals surface area (Å²) in [5.74, 6) is -2.52. The molecule has 24 heavy (non-hydrogen) atoms. The molecule has 124 valence electrons. The molecular weight excluding hydrogens is 319 g/mol. The van der Waals surface area contributed by atoms with Gasteiger partial charge in [0.15, 0.2) is 5.69 Å². The molecule has 2 aromatic rings. The van der Waals surface area contributed by atoms with E-state index in [2.05, 4.69) is 15.6 Å². The van der Waals surface area contributed by atoms with Gasteiger partial charge in [0.25, 0.3) is 11.5 Å². The third kappa shape index (κ3) is 2.71. The Morgan fingerprint density at radius 1 is 1.46 bits per heavy atom. The van der Waals surface area contributed by atoms with Crippen molar-refractivity contribution in [2.45, 2.75) is 20.0 Å². The lowest BCUT2D eigenvalue weighted by molar-refractivity contribution is -0.115. The molecule has 0 radical (unpaired) electrons. The minimum Gasteiger partial charge on any atom is -0.501 e. The minimum absolute atomic E-state index is 0.0614. The highest BCUT2D eigenvalue weighted by molar-refractivity contribution is 5.97. The van der Waals surface area contributed by atoms with Crippen LogP contribution in [0, 0.1) is 12.7 Å². The number of nitrogens with zero attached hydrogens (tertiary/aromatic N) is 2. The second kappa shape index (κ2) is 5.76. The molecule has 0 saturated carbocycles. The molecule has 0 bridgehead atoms. The highest BCUT2D eigenvalue weighted by Gasteiger charge is 2.26. The number of anilines is 1. The summed E-state index contributed by atoms with van der Waals surface area (Å²) in [6.45, 7) is 1.40. The zero-order chi connectivity index (χ0) is 17.4. The van der Waals surface area contributed by atoms with Crippen molar-refractivity contribution in [2.24, 2.45) is 0 Å². The van der Waals surface area contributed by atoms with Crippen molar-refractivity contribution >= 4 is 17.8 Å². The summed E-state index contributed by atoms with van der Waals surface area (Å²) < 4.78 is 14.2. The van der Waals surface area contributed by atoms with Gasteiger partial charge in [-0.1, -0.05) is 12.1 Å². The Morgan fingerprint density at radius 3 is 2.92 bits per heavy atom. The van der Waals surface area contributed by atoms with Crippen molar-refractivity contribution in [1.82, 2.24) is 14.9 Å². The molecule has 1 aromatic carbocycles. The van der Waals surface area contributed by atoms with Gasteiger partial charge in [0, 0.05) is 6.54 Å². The molecule has 8 nitrogen and oxygen atoms in total. The second-order valence-corrected chi connectivity index (χ2v) is 5.34. The number of halogens is 1.